The highest BCUT2D eigenvalue weighted by Gasteiger charge is 2.23. The third kappa shape index (κ3) is 6.01. The third-order valence-corrected chi connectivity index (χ3v) is 5.97. The van der Waals surface area contributed by atoms with E-state index in [0.717, 1.165) is 40.3 Å². The molecule has 1 atom stereocenters. The first-order valence-electron chi connectivity index (χ1n) is 12.2. The Balaban J connectivity index is 1.70. The monoisotopic (exact) mass is 484 g/mol. The molecule has 4 aromatic rings. The average molecular weight is 485 g/mol. The smallest absolute Gasteiger partial charge is 0.343 e. The van der Waals surface area contributed by atoms with Crippen LogP contribution in [0, 0.1) is 0 Å². The zero-order valence-electron chi connectivity index (χ0n) is 21.0. The van der Waals surface area contributed by atoms with Crippen LogP contribution in [0.1, 0.15) is 31.5 Å². The van der Waals surface area contributed by atoms with Gasteiger partial charge in [-0.1, -0.05) is 72.8 Å². The van der Waals surface area contributed by atoms with Crippen LogP contribution in [-0.4, -0.2) is 35.8 Å². The predicted octanol–water partition coefficient (Wildman–Crippen LogP) is 6.11. The highest BCUT2D eigenvalue weighted by molar-refractivity contribution is 5.79. The number of nitrogens with zero attached hydrogens (tertiary/aromatic N) is 2. The number of ether oxygens (including phenoxy) is 3. The minimum absolute atomic E-state index is 0.114. The first kappa shape index (κ1) is 25.2. The van der Waals surface area contributed by atoms with Gasteiger partial charge >= 0.3 is 5.97 Å². The number of esters is 1. The van der Waals surface area contributed by atoms with Crippen LogP contribution in [0.5, 0.6) is 5.75 Å². The van der Waals surface area contributed by atoms with Gasteiger partial charge in [-0.25, -0.2) is 9.78 Å². The molecule has 0 saturated heterocycles. The van der Waals surface area contributed by atoms with Crippen LogP contribution in [0.4, 0.5) is 0 Å². The molecule has 1 heterocycles. The summed E-state index contributed by atoms with van der Waals surface area (Å²) in [6.45, 7) is 4.56. The summed E-state index contributed by atoms with van der Waals surface area (Å²) in [6.07, 6.45) is 1.29. The minimum Gasteiger partial charge on any atom is -0.482 e. The Labute approximate surface area is 212 Å². The molecule has 186 valence electrons. The Morgan fingerprint density at radius 3 is 2.28 bits per heavy atom. The van der Waals surface area contributed by atoms with Crippen molar-refractivity contribution in [2.24, 2.45) is 0 Å². The van der Waals surface area contributed by atoms with Gasteiger partial charge in [0.05, 0.1) is 18.5 Å². The Bertz CT molecular complexity index is 1270. The SMILES string of the molecule is CCOC(C)n1c(CCc2cccc(OCC(=O)OC)c2)nc(-c2ccccc2)c1-c1ccccc1. The number of carbonyl (C=O) groups is 1. The normalized spacial score (nSPS) is 11.8. The number of hydrogen-bond donors (Lipinski definition) is 0. The number of aromatic nitrogens is 2. The van der Waals surface area contributed by atoms with Crippen LogP contribution in [0.3, 0.4) is 0 Å². The van der Waals surface area contributed by atoms with Gasteiger partial charge in [0.2, 0.25) is 0 Å². The quantitative estimate of drug-likeness (QED) is 0.240. The standard InChI is InChI=1S/C30H32N2O4/c1-4-35-22(2)32-27(19-18-23-12-11-17-26(20-23)36-21-28(33)34-3)31-29(24-13-7-5-8-14-24)30(32)25-15-9-6-10-16-25/h5-17,20,22H,4,18-19,21H2,1-3H3. The second kappa shape index (κ2) is 12.2. The molecule has 0 bridgehead atoms. The second-order valence-corrected chi connectivity index (χ2v) is 8.39. The van der Waals surface area contributed by atoms with Crippen molar-refractivity contribution in [3.8, 4) is 28.3 Å². The Morgan fingerprint density at radius 2 is 1.61 bits per heavy atom. The number of hydrogen-bond acceptors (Lipinski definition) is 5. The lowest BCUT2D eigenvalue weighted by molar-refractivity contribution is -0.142. The first-order chi connectivity index (χ1) is 17.6. The van der Waals surface area contributed by atoms with Gasteiger partial charge in [0.15, 0.2) is 6.61 Å². The molecule has 0 aliphatic carbocycles. The average Bonchev–Trinajstić information content (AvgIpc) is 3.31. The maximum absolute atomic E-state index is 11.4. The highest BCUT2D eigenvalue weighted by atomic mass is 16.6. The minimum atomic E-state index is -0.408. The summed E-state index contributed by atoms with van der Waals surface area (Å²) in [4.78, 5) is 16.6. The van der Waals surface area contributed by atoms with Gasteiger partial charge in [-0.15, -0.1) is 0 Å². The van der Waals surface area contributed by atoms with E-state index in [9.17, 15) is 4.79 Å². The molecule has 6 nitrogen and oxygen atoms in total. The molecule has 0 amide bonds. The van der Waals surface area contributed by atoms with Crippen molar-refractivity contribution >= 4 is 5.97 Å². The summed E-state index contributed by atoms with van der Waals surface area (Å²) < 4.78 is 18.5. The van der Waals surface area contributed by atoms with Crippen LogP contribution < -0.4 is 4.74 Å². The zero-order valence-corrected chi connectivity index (χ0v) is 21.0. The fraction of sp³-hybridized carbons (Fsp3) is 0.267. The lowest BCUT2D eigenvalue weighted by atomic mass is 10.0. The van der Waals surface area contributed by atoms with Gasteiger partial charge in [-0.3, -0.25) is 0 Å². The Morgan fingerprint density at radius 1 is 0.917 bits per heavy atom. The van der Waals surface area contributed by atoms with Crippen molar-refractivity contribution in [3.05, 3.63) is 96.3 Å². The summed E-state index contributed by atoms with van der Waals surface area (Å²) in [5.74, 6) is 1.18. The number of carbonyl (C=O) groups excluding carboxylic acids is 1. The van der Waals surface area contributed by atoms with Gasteiger partial charge in [-0.2, -0.15) is 0 Å². The van der Waals surface area contributed by atoms with Gasteiger partial charge in [-0.05, 0) is 38.0 Å². The highest BCUT2D eigenvalue weighted by Crippen LogP contribution is 2.35. The molecule has 0 N–H and O–H groups in total. The molecule has 36 heavy (non-hydrogen) atoms. The van der Waals surface area contributed by atoms with E-state index in [0.29, 0.717) is 18.8 Å². The van der Waals surface area contributed by atoms with E-state index < -0.39 is 5.97 Å². The molecule has 6 heteroatoms. The molecule has 0 spiro atoms. The van der Waals surface area contributed by atoms with E-state index in [2.05, 4.69) is 46.6 Å². The molecule has 1 unspecified atom stereocenters. The zero-order chi connectivity index (χ0) is 25.3. The van der Waals surface area contributed by atoms with Crippen molar-refractivity contribution in [2.45, 2.75) is 32.9 Å². The lowest BCUT2D eigenvalue weighted by Crippen LogP contribution is -2.15. The number of methoxy groups -OCH3 is 1. The van der Waals surface area contributed by atoms with E-state index >= 15 is 0 Å². The molecule has 0 saturated carbocycles. The van der Waals surface area contributed by atoms with E-state index in [-0.39, 0.29) is 12.8 Å². The Hall–Kier alpha value is -3.90. The maximum Gasteiger partial charge on any atom is 0.343 e. The van der Waals surface area contributed by atoms with Crippen LogP contribution in [0.15, 0.2) is 84.9 Å². The molecular weight excluding hydrogens is 452 g/mol. The molecule has 0 fully saturated rings. The molecule has 0 aliphatic rings. The largest absolute Gasteiger partial charge is 0.482 e. The summed E-state index contributed by atoms with van der Waals surface area (Å²) in [7, 11) is 1.35. The second-order valence-electron chi connectivity index (χ2n) is 8.39. The van der Waals surface area contributed by atoms with Gasteiger partial charge in [0, 0.05) is 24.2 Å². The number of imidazole rings is 1. The molecule has 0 aliphatic heterocycles. The molecule has 1 aromatic heterocycles. The fourth-order valence-electron chi connectivity index (χ4n) is 4.28. The predicted molar refractivity (Wildman–Crippen MR) is 141 cm³/mol. The van der Waals surface area contributed by atoms with Crippen LogP contribution in [0.25, 0.3) is 22.5 Å². The van der Waals surface area contributed by atoms with E-state index in [1.54, 1.807) is 0 Å². The molecular formula is C30H32N2O4. The first-order valence-corrected chi connectivity index (χ1v) is 12.2. The van der Waals surface area contributed by atoms with Gasteiger partial charge in [0.1, 0.15) is 17.8 Å². The maximum atomic E-state index is 11.4. The third-order valence-electron chi connectivity index (χ3n) is 5.97. The lowest BCUT2D eigenvalue weighted by Gasteiger charge is -2.20. The van der Waals surface area contributed by atoms with E-state index in [4.69, 9.17) is 14.5 Å². The Kier molecular flexibility index (Phi) is 8.53. The number of benzene rings is 3. The van der Waals surface area contributed by atoms with Crippen molar-refractivity contribution in [3.63, 3.8) is 0 Å². The molecule has 3 aromatic carbocycles. The van der Waals surface area contributed by atoms with Crippen molar-refractivity contribution in [1.82, 2.24) is 9.55 Å². The summed E-state index contributed by atoms with van der Waals surface area (Å²) in [5.41, 5.74) is 5.25. The van der Waals surface area contributed by atoms with E-state index in [1.807, 2.05) is 61.5 Å². The molecule has 4 rings (SSSR count). The summed E-state index contributed by atoms with van der Waals surface area (Å²) in [5, 5.41) is 0. The van der Waals surface area contributed by atoms with E-state index in [1.165, 1.54) is 7.11 Å². The van der Waals surface area contributed by atoms with Crippen molar-refractivity contribution < 1.29 is 19.0 Å². The van der Waals surface area contributed by atoms with Gasteiger partial charge < -0.3 is 18.8 Å². The topological polar surface area (TPSA) is 62.6 Å². The van der Waals surface area contributed by atoms with Gasteiger partial charge in [0.25, 0.3) is 0 Å². The number of aryl methyl sites for hydroxylation is 2. The number of rotatable bonds is 11. The molecule has 0 radical (unpaired) electrons. The van der Waals surface area contributed by atoms with Crippen molar-refractivity contribution in [2.75, 3.05) is 20.3 Å². The van der Waals surface area contributed by atoms with Crippen molar-refractivity contribution in [1.29, 1.82) is 0 Å². The summed E-state index contributed by atoms with van der Waals surface area (Å²) >= 11 is 0. The van der Waals surface area contributed by atoms with Crippen LogP contribution in [-0.2, 0) is 27.1 Å². The fourth-order valence-corrected chi connectivity index (χ4v) is 4.28. The van der Waals surface area contributed by atoms with Crippen LogP contribution in [0.2, 0.25) is 0 Å². The van der Waals surface area contributed by atoms with Crippen LogP contribution >= 0.6 is 0 Å². The summed E-state index contributed by atoms with van der Waals surface area (Å²) in [6, 6.07) is 28.4.